The van der Waals surface area contributed by atoms with Crippen LogP contribution in [0.25, 0.3) is 0 Å². The van der Waals surface area contributed by atoms with E-state index >= 15 is 0 Å². The normalized spacial score (nSPS) is 44.8. The van der Waals surface area contributed by atoms with Crippen molar-refractivity contribution in [3.05, 3.63) is 0 Å². The van der Waals surface area contributed by atoms with Crippen molar-refractivity contribution in [2.24, 2.45) is 11.7 Å². The van der Waals surface area contributed by atoms with Crippen molar-refractivity contribution in [2.45, 2.75) is 63.6 Å². The highest BCUT2D eigenvalue weighted by atomic mass is 16.7. The smallest absolute Gasteiger partial charge is 0.158 e. The van der Waals surface area contributed by atoms with Gasteiger partial charge in [-0.3, -0.25) is 0 Å². The lowest BCUT2D eigenvalue weighted by Crippen LogP contribution is -2.37. The highest BCUT2D eigenvalue weighted by Crippen LogP contribution is 2.29. The molecule has 2 aliphatic rings. The Labute approximate surface area is 97.1 Å². The third kappa shape index (κ3) is 3.17. The van der Waals surface area contributed by atoms with Gasteiger partial charge in [-0.15, -0.1) is 0 Å². The summed E-state index contributed by atoms with van der Waals surface area (Å²) in [5, 5.41) is 8.97. The van der Waals surface area contributed by atoms with Crippen LogP contribution in [0, 0.1) is 5.92 Å². The summed E-state index contributed by atoms with van der Waals surface area (Å²) in [6.07, 6.45) is 5.00. The molecule has 16 heavy (non-hydrogen) atoms. The van der Waals surface area contributed by atoms with Crippen molar-refractivity contribution in [2.75, 3.05) is 6.61 Å². The molecule has 0 radical (unpaired) electrons. The second-order valence-corrected chi connectivity index (χ2v) is 5.28. The molecule has 1 saturated carbocycles. The lowest BCUT2D eigenvalue weighted by molar-refractivity contribution is -0.176. The Balaban J connectivity index is 1.77. The number of hydrogen-bond acceptors (Lipinski definition) is 4. The summed E-state index contributed by atoms with van der Waals surface area (Å²) in [5.74, 6) is 0.642. The van der Waals surface area contributed by atoms with Crippen molar-refractivity contribution >= 4 is 0 Å². The fourth-order valence-electron chi connectivity index (χ4n) is 2.82. The summed E-state index contributed by atoms with van der Waals surface area (Å²) >= 11 is 0. The molecule has 4 heteroatoms. The number of rotatable bonds is 3. The van der Waals surface area contributed by atoms with Gasteiger partial charge >= 0.3 is 0 Å². The topological polar surface area (TPSA) is 64.7 Å². The van der Waals surface area contributed by atoms with E-state index in [0.29, 0.717) is 5.92 Å². The Morgan fingerprint density at radius 3 is 2.75 bits per heavy atom. The van der Waals surface area contributed by atoms with E-state index in [1.807, 2.05) is 0 Å². The number of aliphatic hydroxyl groups excluding tert-OH is 1. The molecule has 1 heterocycles. The minimum Gasteiger partial charge on any atom is -0.394 e. The summed E-state index contributed by atoms with van der Waals surface area (Å²) < 4.78 is 11.5. The molecule has 2 rings (SSSR count). The van der Waals surface area contributed by atoms with Crippen LogP contribution in [-0.4, -0.2) is 36.3 Å². The molecule has 0 aromatic rings. The average Bonchev–Trinajstić information content (AvgIpc) is 2.64. The molecule has 0 amide bonds. The molecule has 3 N–H and O–H groups in total. The number of aliphatic hydroxyl groups is 1. The minimum absolute atomic E-state index is 0.0281. The molecule has 4 nitrogen and oxygen atoms in total. The first-order valence-corrected chi connectivity index (χ1v) is 6.34. The van der Waals surface area contributed by atoms with Crippen molar-refractivity contribution < 1.29 is 14.6 Å². The predicted octanol–water partition coefficient (Wildman–Crippen LogP) is 1.02. The van der Waals surface area contributed by atoms with Crippen molar-refractivity contribution in [3.8, 4) is 0 Å². The molecule has 5 atom stereocenters. The largest absolute Gasteiger partial charge is 0.394 e. The second kappa shape index (κ2) is 5.45. The lowest BCUT2D eigenvalue weighted by atomic mass is 9.85. The van der Waals surface area contributed by atoms with E-state index < -0.39 is 0 Å². The summed E-state index contributed by atoms with van der Waals surface area (Å²) in [4.78, 5) is 0. The third-order valence-electron chi connectivity index (χ3n) is 3.55. The molecular formula is C12H23NO3. The molecule has 1 saturated heterocycles. The third-order valence-corrected chi connectivity index (χ3v) is 3.55. The SMILES string of the molecule is CC1CC(N)CC(OC2CCC(CO)O2)C1. The van der Waals surface area contributed by atoms with Gasteiger partial charge in [0.15, 0.2) is 6.29 Å². The molecule has 0 aromatic carbocycles. The van der Waals surface area contributed by atoms with E-state index in [-0.39, 0.29) is 31.1 Å². The summed E-state index contributed by atoms with van der Waals surface area (Å²) in [7, 11) is 0. The van der Waals surface area contributed by atoms with E-state index in [2.05, 4.69) is 6.92 Å². The Bertz CT molecular complexity index is 214. The first-order chi connectivity index (χ1) is 7.67. The molecular weight excluding hydrogens is 206 g/mol. The molecule has 1 aliphatic carbocycles. The summed E-state index contributed by atoms with van der Waals surface area (Å²) in [6, 6.07) is 0.267. The van der Waals surface area contributed by atoms with E-state index in [4.69, 9.17) is 20.3 Å². The zero-order valence-electron chi connectivity index (χ0n) is 9.97. The molecule has 0 aromatic heterocycles. The van der Waals surface area contributed by atoms with E-state index in [1.54, 1.807) is 0 Å². The minimum atomic E-state index is -0.125. The van der Waals surface area contributed by atoms with Gasteiger partial charge in [0.2, 0.25) is 0 Å². The maximum Gasteiger partial charge on any atom is 0.158 e. The van der Waals surface area contributed by atoms with E-state index in [9.17, 15) is 0 Å². The van der Waals surface area contributed by atoms with Crippen LogP contribution >= 0.6 is 0 Å². The van der Waals surface area contributed by atoms with Crippen LogP contribution in [0.5, 0.6) is 0 Å². The quantitative estimate of drug-likeness (QED) is 0.758. The van der Waals surface area contributed by atoms with E-state index in [1.165, 1.54) is 0 Å². The van der Waals surface area contributed by atoms with Gasteiger partial charge in [-0.1, -0.05) is 6.92 Å². The van der Waals surface area contributed by atoms with Gasteiger partial charge < -0.3 is 20.3 Å². The van der Waals surface area contributed by atoms with Gasteiger partial charge in [0, 0.05) is 12.5 Å². The van der Waals surface area contributed by atoms with Gasteiger partial charge in [-0.05, 0) is 31.6 Å². The number of hydrogen-bond donors (Lipinski definition) is 2. The summed E-state index contributed by atoms with van der Waals surface area (Å²) in [5.41, 5.74) is 5.98. The Morgan fingerprint density at radius 2 is 2.12 bits per heavy atom. The zero-order chi connectivity index (χ0) is 11.5. The van der Waals surface area contributed by atoms with Crippen LogP contribution in [-0.2, 0) is 9.47 Å². The monoisotopic (exact) mass is 229 g/mol. The van der Waals surface area contributed by atoms with Crippen LogP contribution in [0.3, 0.4) is 0 Å². The zero-order valence-corrected chi connectivity index (χ0v) is 9.97. The van der Waals surface area contributed by atoms with Gasteiger partial charge in [-0.25, -0.2) is 0 Å². The molecule has 0 spiro atoms. The molecule has 5 unspecified atom stereocenters. The van der Waals surface area contributed by atoms with Crippen molar-refractivity contribution in [3.63, 3.8) is 0 Å². The first-order valence-electron chi connectivity index (χ1n) is 6.34. The van der Waals surface area contributed by atoms with Crippen LogP contribution in [0.2, 0.25) is 0 Å². The average molecular weight is 229 g/mol. The fourth-order valence-corrected chi connectivity index (χ4v) is 2.82. The number of nitrogens with two attached hydrogens (primary N) is 1. The van der Waals surface area contributed by atoms with E-state index in [0.717, 1.165) is 32.1 Å². The standard InChI is InChI=1S/C12H23NO3/c1-8-4-9(13)6-11(5-8)16-12-3-2-10(7-14)15-12/h8-12,14H,2-7,13H2,1H3. The summed E-state index contributed by atoms with van der Waals surface area (Å²) in [6.45, 7) is 2.32. The highest BCUT2D eigenvalue weighted by Gasteiger charge is 2.31. The fraction of sp³-hybridized carbons (Fsp3) is 1.00. The van der Waals surface area contributed by atoms with Crippen LogP contribution in [0.1, 0.15) is 39.0 Å². The first kappa shape index (κ1) is 12.3. The van der Waals surface area contributed by atoms with Crippen molar-refractivity contribution in [1.82, 2.24) is 0 Å². The molecule has 0 bridgehead atoms. The Morgan fingerprint density at radius 1 is 1.31 bits per heavy atom. The van der Waals surface area contributed by atoms with Crippen molar-refractivity contribution in [1.29, 1.82) is 0 Å². The van der Waals surface area contributed by atoms with Crippen LogP contribution in [0.15, 0.2) is 0 Å². The highest BCUT2D eigenvalue weighted by molar-refractivity contribution is 4.80. The number of ether oxygens (including phenoxy) is 2. The van der Waals surface area contributed by atoms with Gasteiger partial charge in [-0.2, -0.15) is 0 Å². The Hall–Kier alpha value is -0.160. The molecule has 94 valence electrons. The Kier molecular flexibility index (Phi) is 4.19. The molecule has 2 fully saturated rings. The van der Waals surface area contributed by atoms with Gasteiger partial charge in [0.05, 0.1) is 18.8 Å². The van der Waals surface area contributed by atoms with Crippen LogP contribution in [0.4, 0.5) is 0 Å². The maximum absolute atomic E-state index is 8.97. The van der Waals surface area contributed by atoms with Crippen LogP contribution < -0.4 is 5.73 Å². The predicted molar refractivity (Wildman–Crippen MR) is 60.8 cm³/mol. The van der Waals surface area contributed by atoms with Gasteiger partial charge in [0.25, 0.3) is 0 Å². The second-order valence-electron chi connectivity index (χ2n) is 5.28. The molecule has 1 aliphatic heterocycles. The maximum atomic E-state index is 8.97. The van der Waals surface area contributed by atoms with Gasteiger partial charge in [0.1, 0.15) is 0 Å². The lowest BCUT2D eigenvalue weighted by Gasteiger charge is -2.32.